The first-order chi connectivity index (χ1) is 14.8. The first kappa shape index (κ1) is 18.7. The molecule has 0 radical (unpaired) electrons. The molecule has 4 aromatic heterocycles. The van der Waals surface area contributed by atoms with Crippen LogP contribution in [0.1, 0.15) is 17.4 Å². The fraction of sp³-hybridized carbons (Fsp3) is 0.261. The van der Waals surface area contributed by atoms with E-state index in [-0.39, 0.29) is 6.10 Å². The summed E-state index contributed by atoms with van der Waals surface area (Å²) in [6.45, 7) is 3.07. The quantitative estimate of drug-likeness (QED) is 0.511. The van der Waals surface area contributed by atoms with Crippen LogP contribution in [0.3, 0.4) is 0 Å². The number of imidazole rings is 1. The summed E-state index contributed by atoms with van der Waals surface area (Å²) in [4.78, 5) is 15.6. The number of fused-ring (bicyclic) bond motifs is 1. The molecule has 1 fully saturated rings. The van der Waals surface area contributed by atoms with Gasteiger partial charge in [-0.25, -0.2) is 9.97 Å². The van der Waals surface area contributed by atoms with Crippen LogP contribution in [0.4, 0.5) is 0 Å². The molecule has 0 N–H and O–H groups in total. The fourth-order valence-corrected chi connectivity index (χ4v) is 3.94. The third-order valence-electron chi connectivity index (χ3n) is 5.40. The van der Waals surface area contributed by atoms with Gasteiger partial charge in [-0.2, -0.15) is 0 Å². The van der Waals surface area contributed by atoms with E-state index in [4.69, 9.17) is 14.5 Å². The number of ether oxygens (including phenoxy) is 2. The molecule has 1 aliphatic rings. The zero-order chi connectivity index (χ0) is 20.3. The Balaban J connectivity index is 1.40. The molecule has 0 saturated carbocycles. The molecule has 0 bridgehead atoms. The Morgan fingerprint density at radius 1 is 1.10 bits per heavy atom. The Morgan fingerprint density at radius 3 is 2.87 bits per heavy atom. The van der Waals surface area contributed by atoms with Crippen molar-refractivity contribution in [1.29, 1.82) is 0 Å². The van der Waals surface area contributed by atoms with Crippen molar-refractivity contribution in [2.75, 3.05) is 26.8 Å². The highest BCUT2D eigenvalue weighted by Crippen LogP contribution is 2.27. The summed E-state index contributed by atoms with van der Waals surface area (Å²) >= 11 is 0. The summed E-state index contributed by atoms with van der Waals surface area (Å²) < 4.78 is 13.6. The van der Waals surface area contributed by atoms with Gasteiger partial charge in [0.05, 0.1) is 25.1 Å². The highest BCUT2D eigenvalue weighted by atomic mass is 16.5. The molecule has 30 heavy (non-hydrogen) atoms. The normalized spacial score (nSPS) is 17.3. The number of morpholine rings is 1. The summed E-state index contributed by atoms with van der Waals surface area (Å²) in [5, 5.41) is 0. The summed E-state index contributed by atoms with van der Waals surface area (Å²) in [5.74, 6) is 0.676. The van der Waals surface area contributed by atoms with E-state index < -0.39 is 0 Å². The topological polar surface area (TPSA) is 64.8 Å². The van der Waals surface area contributed by atoms with Crippen molar-refractivity contribution >= 4 is 5.65 Å². The zero-order valence-electron chi connectivity index (χ0n) is 16.8. The molecule has 0 aliphatic carbocycles. The standard InChI is InChI=1S/C23H23N5O2/c1-29-23-18(4-3-9-25-23)14-27-12-13-30-21(16-27)19-15-28-20(5-2-6-22(28)26-19)17-7-10-24-11-8-17/h2-11,15,21H,12-14,16H2,1H3. The summed E-state index contributed by atoms with van der Waals surface area (Å²) in [6, 6.07) is 14.2. The molecule has 0 amide bonds. The number of hydrogen-bond acceptors (Lipinski definition) is 6. The third kappa shape index (κ3) is 3.65. The molecule has 7 heteroatoms. The number of rotatable bonds is 5. The Morgan fingerprint density at radius 2 is 2.00 bits per heavy atom. The molecule has 0 aromatic carbocycles. The molecule has 152 valence electrons. The Kier molecular flexibility index (Phi) is 5.13. The molecule has 1 saturated heterocycles. The van der Waals surface area contributed by atoms with Crippen LogP contribution in [0.2, 0.25) is 0 Å². The molecule has 5 heterocycles. The van der Waals surface area contributed by atoms with Crippen LogP contribution in [0.25, 0.3) is 16.9 Å². The molecule has 1 unspecified atom stereocenters. The lowest BCUT2D eigenvalue weighted by molar-refractivity contribution is -0.0349. The van der Waals surface area contributed by atoms with E-state index in [1.54, 1.807) is 25.7 Å². The van der Waals surface area contributed by atoms with Crippen molar-refractivity contribution in [2.45, 2.75) is 12.6 Å². The van der Waals surface area contributed by atoms with Crippen molar-refractivity contribution in [3.05, 3.63) is 78.5 Å². The van der Waals surface area contributed by atoms with Crippen molar-refractivity contribution in [3.63, 3.8) is 0 Å². The summed E-state index contributed by atoms with van der Waals surface area (Å²) in [7, 11) is 1.66. The van der Waals surface area contributed by atoms with Crippen LogP contribution in [-0.2, 0) is 11.3 Å². The van der Waals surface area contributed by atoms with Gasteiger partial charge in [0, 0.05) is 55.5 Å². The molecule has 0 spiro atoms. The minimum Gasteiger partial charge on any atom is -0.481 e. The first-order valence-corrected chi connectivity index (χ1v) is 10.0. The Bertz CT molecular complexity index is 1140. The van der Waals surface area contributed by atoms with E-state index in [1.165, 1.54) is 0 Å². The fourth-order valence-electron chi connectivity index (χ4n) is 3.94. The average Bonchev–Trinajstić information content (AvgIpc) is 3.25. The predicted molar refractivity (Wildman–Crippen MR) is 113 cm³/mol. The van der Waals surface area contributed by atoms with Gasteiger partial charge in [0.25, 0.3) is 0 Å². The lowest BCUT2D eigenvalue weighted by Gasteiger charge is -2.32. The van der Waals surface area contributed by atoms with Crippen LogP contribution < -0.4 is 4.74 Å². The predicted octanol–water partition coefficient (Wildman–Crippen LogP) is 3.37. The first-order valence-electron chi connectivity index (χ1n) is 10.0. The molecule has 1 atom stereocenters. The average molecular weight is 401 g/mol. The number of methoxy groups -OCH3 is 1. The van der Waals surface area contributed by atoms with Crippen molar-refractivity contribution < 1.29 is 9.47 Å². The van der Waals surface area contributed by atoms with Gasteiger partial charge in [0.15, 0.2) is 0 Å². The highest BCUT2D eigenvalue weighted by Gasteiger charge is 2.25. The van der Waals surface area contributed by atoms with Gasteiger partial charge in [0.2, 0.25) is 5.88 Å². The summed E-state index contributed by atoms with van der Waals surface area (Å²) in [5.41, 5.74) is 5.12. The molecule has 7 nitrogen and oxygen atoms in total. The maximum absolute atomic E-state index is 6.09. The van der Waals surface area contributed by atoms with Gasteiger partial charge >= 0.3 is 0 Å². The van der Waals surface area contributed by atoms with E-state index in [1.807, 2.05) is 30.3 Å². The third-order valence-corrected chi connectivity index (χ3v) is 5.40. The van der Waals surface area contributed by atoms with Gasteiger partial charge < -0.3 is 9.47 Å². The number of pyridine rings is 3. The van der Waals surface area contributed by atoms with Crippen LogP contribution >= 0.6 is 0 Å². The van der Waals surface area contributed by atoms with E-state index >= 15 is 0 Å². The lowest BCUT2D eigenvalue weighted by atomic mass is 10.1. The van der Waals surface area contributed by atoms with Crippen molar-refractivity contribution in [2.24, 2.45) is 0 Å². The van der Waals surface area contributed by atoms with E-state index in [9.17, 15) is 0 Å². The zero-order valence-corrected chi connectivity index (χ0v) is 16.8. The number of hydrogen-bond donors (Lipinski definition) is 0. The van der Waals surface area contributed by atoms with E-state index in [0.29, 0.717) is 12.5 Å². The number of aromatic nitrogens is 4. The van der Waals surface area contributed by atoms with Gasteiger partial charge in [0.1, 0.15) is 11.8 Å². The van der Waals surface area contributed by atoms with Gasteiger partial charge in [-0.1, -0.05) is 12.1 Å². The van der Waals surface area contributed by atoms with Gasteiger partial charge in [-0.05, 0) is 30.3 Å². The van der Waals surface area contributed by atoms with E-state index in [0.717, 1.165) is 47.8 Å². The second-order valence-corrected chi connectivity index (χ2v) is 7.31. The smallest absolute Gasteiger partial charge is 0.217 e. The maximum atomic E-state index is 6.09. The largest absolute Gasteiger partial charge is 0.481 e. The molecule has 4 aromatic rings. The van der Waals surface area contributed by atoms with Crippen LogP contribution in [0.15, 0.2) is 67.3 Å². The lowest BCUT2D eigenvalue weighted by Crippen LogP contribution is -2.38. The van der Waals surface area contributed by atoms with E-state index in [2.05, 4.69) is 37.6 Å². The van der Waals surface area contributed by atoms with Crippen LogP contribution in [-0.4, -0.2) is 51.1 Å². The van der Waals surface area contributed by atoms with Crippen LogP contribution in [0, 0.1) is 0 Å². The molecule has 5 rings (SSSR count). The van der Waals surface area contributed by atoms with Gasteiger partial charge in [-0.15, -0.1) is 0 Å². The van der Waals surface area contributed by atoms with Gasteiger partial charge in [-0.3, -0.25) is 14.3 Å². The molecular formula is C23H23N5O2. The Hall–Kier alpha value is -3.29. The SMILES string of the molecule is COc1ncccc1CN1CCOC(c2cn3c(-c4ccncc4)cccc3n2)C1. The summed E-state index contributed by atoms with van der Waals surface area (Å²) in [6.07, 6.45) is 7.37. The highest BCUT2D eigenvalue weighted by molar-refractivity contribution is 5.63. The minimum atomic E-state index is -0.0772. The number of nitrogens with zero attached hydrogens (tertiary/aromatic N) is 5. The second-order valence-electron chi connectivity index (χ2n) is 7.31. The minimum absolute atomic E-state index is 0.0772. The second kappa shape index (κ2) is 8.22. The molecular weight excluding hydrogens is 378 g/mol. The van der Waals surface area contributed by atoms with Crippen LogP contribution in [0.5, 0.6) is 5.88 Å². The van der Waals surface area contributed by atoms with Crippen molar-refractivity contribution in [3.8, 4) is 17.1 Å². The monoisotopic (exact) mass is 401 g/mol. The Labute approximate surface area is 174 Å². The molecule has 1 aliphatic heterocycles. The maximum Gasteiger partial charge on any atom is 0.217 e. The van der Waals surface area contributed by atoms with Crippen molar-refractivity contribution in [1.82, 2.24) is 24.3 Å².